The Bertz CT molecular complexity index is 422. The minimum atomic E-state index is -0.868. The third kappa shape index (κ3) is 3.00. The Labute approximate surface area is 103 Å². The zero-order valence-corrected chi connectivity index (χ0v) is 10.00. The van der Waals surface area contributed by atoms with Gasteiger partial charge in [0.2, 0.25) is 5.12 Å². The molecule has 90 valence electrons. The van der Waals surface area contributed by atoms with E-state index in [9.17, 15) is 9.59 Å². The van der Waals surface area contributed by atoms with Crippen LogP contribution in [0.5, 0.6) is 0 Å². The number of carbonyl (C=O) groups is 2. The molecule has 1 aromatic rings. The molecule has 0 saturated heterocycles. The van der Waals surface area contributed by atoms with Crippen molar-refractivity contribution in [3.05, 3.63) is 29.8 Å². The Hall–Kier alpha value is -1.49. The summed E-state index contributed by atoms with van der Waals surface area (Å²) in [5, 5.41) is 11.7. The van der Waals surface area contributed by atoms with Crippen molar-refractivity contribution in [3.8, 4) is 0 Å². The molecule has 1 aliphatic heterocycles. The first-order valence-electron chi connectivity index (χ1n) is 5.39. The summed E-state index contributed by atoms with van der Waals surface area (Å²) in [6, 6.07) is 7.61. The molecule has 0 aromatic heterocycles. The fourth-order valence-electron chi connectivity index (χ4n) is 1.78. The predicted octanol–water partition coefficient (Wildman–Crippen LogP) is 1.76. The Morgan fingerprint density at radius 1 is 1.41 bits per heavy atom. The van der Waals surface area contributed by atoms with Crippen molar-refractivity contribution in [3.63, 3.8) is 0 Å². The maximum Gasteiger partial charge on any atom is 0.304 e. The number of carbonyl (C=O) groups excluding carboxylic acids is 1. The molecule has 0 aliphatic carbocycles. The zero-order chi connectivity index (χ0) is 12.3. The fraction of sp³-hybridized carbons (Fsp3) is 0.333. The van der Waals surface area contributed by atoms with Gasteiger partial charge in [-0.3, -0.25) is 9.59 Å². The van der Waals surface area contributed by atoms with Gasteiger partial charge >= 0.3 is 5.97 Å². The molecule has 1 aromatic carbocycles. The number of hydrogen-bond donors (Lipinski definition) is 2. The highest BCUT2D eigenvalue weighted by Gasteiger charge is 2.26. The highest BCUT2D eigenvalue weighted by Crippen LogP contribution is 2.27. The minimum Gasteiger partial charge on any atom is -0.481 e. The quantitative estimate of drug-likeness (QED) is 0.853. The third-order valence-corrected chi connectivity index (χ3v) is 3.59. The number of thioether (sulfide) groups is 1. The van der Waals surface area contributed by atoms with Crippen molar-refractivity contribution < 1.29 is 14.7 Å². The van der Waals surface area contributed by atoms with Crippen LogP contribution in [-0.4, -0.2) is 28.0 Å². The fourth-order valence-corrected chi connectivity index (χ4v) is 2.60. The first-order valence-corrected chi connectivity index (χ1v) is 6.38. The van der Waals surface area contributed by atoms with E-state index in [4.69, 9.17) is 5.11 Å². The van der Waals surface area contributed by atoms with Crippen molar-refractivity contribution in [2.45, 2.75) is 18.9 Å². The Morgan fingerprint density at radius 2 is 2.18 bits per heavy atom. The van der Waals surface area contributed by atoms with E-state index in [1.807, 2.05) is 24.3 Å². The Balaban J connectivity index is 1.86. The van der Waals surface area contributed by atoms with Crippen LogP contribution in [0.1, 0.15) is 12.0 Å². The average molecular weight is 251 g/mol. The number of anilines is 1. The summed E-state index contributed by atoms with van der Waals surface area (Å²) in [5.41, 5.74) is 2.15. The number of hydrogen-bond acceptors (Lipinski definition) is 4. The summed E-state index contributed by atoms with van der Waals surface area (Å²) in [6.45, 7) is 0. The van der Waals surface area contributed by atoms with Crippen LogP contribution in [0.3, 0.4) is 0 Å². The van der Waals surface area contributed by atoms with Gasteiger partial charge in [-0.15, -0.1) is 0 Å². The molecule has 0 fully saturated rings. The van der Waals surface area contributed by atoms with E-state index in [1.165, 1.54) is 0 Å². The van der Waals surface area contributed by atoms with Crippen LogP contribution in [0.4, 0.5) is 5.69 Å². The molecule has 5 heteroatoms. The normalized spacial score (nSPS) is 17.3. The molecule has 17 heavy (non-hydrogen) atoms. The summed E-state index contributed by atoms with van der Waals surface area (Å²) in [6.07, 6.45) is 0.713. The van der Waals surface area contributed by atoms with Gasteiger partial charge in [0, 0.05) is 17.9 Å². The number of benzene rings is 1. The molecular formula is C12H13NO3S. The third-order valence-electron chi connectivity index (χ3n) is 2.62. The molecule has 1 atom stereocenters. The molecular weight excluding hydrogens is 238 g/mol. The largest absolute Gasteiger partial charge is 0.481 e. The van der Waals surface area contributed by atoms with Crippen molar-refractivity contribution in [1.82, 2.24) is 0 Å². The van der Waals surface area contributed by atoms with E-state index < -0.39 is 5.97 Å². The maximum absolute atomic E-state index is 11.8. The lowest BCUT2D eigenvalue weighted by Crippen LogP contribution is -2.24. The monoisotopic (exact) mass is 251 g/mol. The number of rotatable bonds is 4. The van der Waals surface area contributed by atoms with Gasteiger partial charge in [-0.2, -0.15) is 0 Å². The standard InChI is InChI=1S/C12H13NO3S/c14-11(15)5-6-17-12(16)10-7-8-3-1-2-4-9(8)13-10/h1-4,10,13H,5-7H2,(H,14,15). The first-order chi connectivity index (χ1) is 8.16. The highest BCUT2D eigenvalue weighted by atomic mass is 32.2. The number of nitrogens with one attached hydrogen (secondary N) is 1. The van der Waals surface area contributed by atoms with Gasteiger partial charge in [0.05, 0.1) is 12.5 Å². The van der Waals surface area contributed by atoms with Crippen LogP contribution >= 0.6 is 11.8 Å². The van der Waals surface area contributed by atoms with Gasteiger partial charge in [0.25, 0.3) is 0 Å². The summed E-state index contributed by atoms with van der Waals surface area (Å²) in [7, 11) is 0. The van der Waals surface area contributed by atoms with Gasteiger partial charge < -0.3 is 10.4 Å². The summed E-state index contributed by atoms with van der Waals surface area (Å²) < 4.78 is 0. The predicted molar refractivity (Wildman–Crippen MR) is 67.3 cm³/mol. The van der Waals surface area contributed by atoms with E-state index in [1.54, 1.807) is 0 Å². The SMILES string of the molecule is O=C(O)CCSC(=O)C1Cc2ccccc2N1. The van der Waals surface area contributed by atoms with Crippen LogP contribution < -0.4 is 5.32 Å². The lowest BCUT2D eigenvalue weighted by atomic mass is 10.1. The first kappa shape index (κ1) is 12.0. The molecule has 0 radical (unpaired) electrons. The number of para-hydroxylation sites is 1. The lowest BCUT2D eigenvalue weighted by Gasteiger charge is -2.08. The van der Waals surface area contributed by atoms with Gasteiger partial charge in [0.1, 0.15) is 0 Å². The number of fused-ring (bicyclic) bond motifs is 1. The van der Waals surface area contributed by atoms with Gasteiger partial charge in [-0.1, -0.05) is 30.0 Å². The molecule has 0 saturated carbocycles. The average Bonchev–Trinajstić information content (AvgIpc) is 2.71. The number of aliphatic carboxylic acids is 1. The second kappa shape index (κ2) is 5.23. The van der Waals surface area contributed by atoms with Crippen LogP contribution in [0.2, 0.25) is 0 Å². The maximum atomic E-state index is 11.8. The molecule has 2 N–H and O–H groups in total. The molecule has 4 nitrogen and oxygen atoms in total. The van der Waals surface area contributed by atoms with Crippen molar-refractivity contribution in [2.75, 3.05) is 11.1 Å². The smallest absolute Gasteiger partial charge is 0.304 e. The summed E-state index contributed by atoms with van der Waals surface area (Å²) >= 11 is 1.09. The van der Waals surface area contributed by atoms with Crippen molar-refractivity contribution in [2.24, 2.45) is 0 Å². The molecule has 1 heterocycles. The Kier molecular flexibility index (Phi) is 3.68. The van der Waals surface area contributed by atoms with Crippen LogP contribution in [0, 0.1) is 0 Å². The van der Waals surface area contributed by atoms with E-state index in [2.05, 4.69) is 5.32 Å². The van der Waals surface area contributed by atoms with E-state index in [-0.39, 0.29) is 17.6 Å². The lowest BCUT2D eigenvalue weighted by molar-refractivity contribution is -0.136. The van der Waals surface area contributed by atoms with E-state index >= 15 is 0 Å². The van der Waals surface area contributed by atoms with Crippen molar-refractivity contribution >= 4 is 28.5 Å². The van der Waals surface area contributed by atoms with E-state index in [0.29, 0.717) is 12.2 Å². The number of carboxylic acid groups (broad SMARTS) is 1. The summed E-state index contributed by atoms with van der Waals surface area (Å²) in [5.74, 6) is -0.532. The second-order valence-corrected chi connectivity index (χ2v) is 4.97. The highest BCUT2D eigenvalue weighted by molar-refractivity contribution is 8.13. The van der Waals surface area contributed by atoms with Gasteiger partial charge in [-0.25, -0.2) is 0 Å². The second-order valence-electron chi connectivity index (χ2n) is 3.87. The molecule has 1 unspecified atom stereocenters. The molecule has 1 aliphatic rings. The Morgan fingerprint density at radius 3 is 2.88 bits per heavy atom. The molecule has 2 rings (SSSR count). The molecule has 0 spiro atoms. The topological polar surface area (TPSA) is 66.4 Å². The van der Waals surface area contributed by atoms with Crippen molar-refractivity contribution in [1.29, 1.82) is 0 Å². The van der Waals surface area contributed by atoms with Crippen LogP contribution in [-0.2, 0) is 16.0 Å². The van der Waals surface area contributed by atoms with Crippen LogP contribution in [0.25, 0.3) is 0 Å². The zero-order valence-electron chi connectivity index (χ0n) is 9.18. The van der Waals surface area contributed by atoms with Gasteiger partial charge in [-0.05, 0) is 11.6 Å². The molecule has 0 bridgehead atoms. The molecule has 0 amide bonds. The number of carboxylic acids is 1. The van der Waals surface area contributed by atoms with Gasteiger partial charge in [0.15, 0.2) is 0 Å². The minimum absolute atomic E-state index is 0.0162. The van der Waals surface area contributed by atoms with Crippen LogP contribution in [0.15, 0.2) is 24.3 Å². The summed E-state index contributed by atoms with van der Waals surface area (Å²) in [4.78, 5) is 22.1. The van der Waals surface area contributed by atoms with E-state index in [0.717, 1.165) is 23.0 Å².